The van der Waals surface area contributed by atoms with Crippen molar-refractivity contribution in [1.82, 2.24) is 0 Å². The Hall–Kier alpha value is -5.70. The number of nitrogens with two attached hydrogens (primary N) is 1. The van der Waals surface area contributed by atoms with Gasteiger partial charge < -0.3 is 10.6 Å². The monoisotopic (exact) mass is 590 g/mol. The zero-order valence-corrected chi connectivity index (χ0v) is 25.6. The predicted molar refractivity (Wildman–Crippen MR) is 196 cm³/mol. The third-order valence-electron chi connectivity index (χ3n) is 9.17. The lowest BCUT2D eigenvalue weighted by Crippen LogP contribution is -2.53. The van der Waals surface area contributed by atoms with Gasteiger partial charge in [0.1, 0.15) is 5.66 Å². The number of allylic oxidation sites excluding steroid dienone is 2. The van der Waals surface area contributed by atoms with Crippen LogP contribution in [0.1, 0.15) is 12.0 Å². The van der Waals surface area contributed by atoms with Crippen molar-refractivity contribution >= 4 is 38.5 Å². The number of hydrogen-bond acceptors (Lipinski definition) is 2. The molecule has 2 heteroatoms. The summed E-state index contributed by atoms with van der Waals surface area (Å²) in [5.41, 5.74) is 16.0. The summed E-state index contributed by atoms with van der Waals surface area (Å²) in [4.78, 5) is 2.37. The maximum atomic E-state index is 7.62. The van der Waals surface area contributed by atoms with Crippen molar-refractivity contribution in [3.05, 3.63) is 188 Å². The van der Waals surface area contributed by atoms with Gasteiger partial charge in [-0.05, 0) is 62.0 Å². The van der Waals surface area contributed by atoms with Crippen LogP contribution in [0.5, 0.6) is 0 Å². The summed E-state index contributed by atoms with van der Waals surface area (Å²) in [5.74, 6) is 0. The molecular weight excluding hydrogens is 556 g/mol. The zero-order chi connectivity index (χ0) is 30.9. The Labute approximate surface area is 270 Å². The third-order valence-corrected chi connectivity index (χ3v) is 9.17. The van der Waals surface area contributed by atoms with Crippen LogP contribution in [-0.4, -0.2) is 5.66 Å². The van der Waals surface area contributed by atoms with Crippen molar-refractivity contribution in [2.24, 2.45) is 5.73 Å². The van der Waals surface area contributed by atoms with Crippen molar-refractivity contribution in [2.75, 3.05) is 4.90 Å². The van der Waals surface area contributed by atoms with E-state index < -0.39 is 5.66 Å². The summed E-state index contributed by atoms with van der Waals surface area (Å²) in [6, 6.07) is 58.3. The van der Waals surface area contributed by atoms with Crippen molar-refractivity contribution < 1.29 is 0 Å². The average molecular weight is 591 g/mol. The van der Waals surface area contributed by atoms with Crippen LogP contribution in [0.3, 0.4) is 0 Å². The van der Waals surface area contributed by atoms with Crippen molar-refractivity contribution in [3.63, 3.8) is 0 Å². The summed E-state index contributed by atoms with van der Waals surface area (Å²) in [5, 5.41) is 4.87. The molecule has 0 bridgehead atoms. The first-order valence-corrected chi connectivity index (χ1v) is 15.9. The highest BCUT2D eigenvalue weighted by Crippen LogP contribution is 2.47. The molecule has 1 aliphatic rings. The van der Waals surface area contributed by atoms with Gasteiger partial charge in [0.15, 0.2) is 0 Å². The number of benzene rings is 7. The second kappa shape index (κ2) is 11.7. The van der Waals surface area contributed by atoms with Crippen LogP contribution < -0.4 is 10.6 Å². The van der Waals surface area contributed by atoms with Crippen LogP contribution in [0.4, 0.5) is 11.4 Å². The Balaban J connectivity index is 1.37. The van der Waals surface area contributed by atoms with E-state index in [1.165, 1.54) is 43.8 Å². The van der Waals surface area contributed by atoms with E-state index in [1.54, 1.807) is 0 Å². The van der Waals surface area contributed by atoms with E-state index in [-0.39, 0.29) is 0 Å². The standard InChI is InChI=1S/C44H34N2/c45-44(30-28-33(29-31-44)32-14-2-1-3-15-32)46(42-26-10-8-22-40(42)38-24-12-18-34-16-4-6-20-36(34)38)43-27-11-9-23-41(43)39-25-13-19-35-17-5-7-21-37(35)39/h1-30H,31,45H2. The summed E-state index contributed by atoms with van der Waals surface area (Å²) in [6.07, 6.45) is 7.30. The molecule has 1 aliphatic carbocycles. The summed E-state index contributed by atoms with van der Waals surface area (Å²) in [7, 11) is 0. The fraction of sp³-hybridized carbons (Fsp3) is 0.0455. The largest absolute Gasteiger partial charge is 0.318 e. The Kier molecular flexibility index (Phi) is 7.05. The van der Waals surface area contributed by atoms with Crippen LogP contribution in [0.15, 0.2) is 182 Å². The number of hydrogen-bond donors (Lipinski definition) is 1. The Morgan fingerprint density at radius 3 is 1.46 bits per heavy atom. The van der Waals surface area contributed by atoms with E-state index in [2.05, 4.69) is 187 Å². The molecule has 46 heavy (non-hydrogen) atoms. The highest BCUT2D eigenvalue weighted by atomic mass is 15.3. The molecule has 0 heterocycles. The minimum Gasteiger partial charge on any atom is -0.318 e. The van der Waals surface area contributed by atoms with Crippen LogP contribution in [0.25, 0.3) is 49.4 Å². The molecule has 0 amide bonds. The fourth-order valence-corrected chi connectivity index (χ4v) is 6.95. The lowest BCUT2D eigenvalue weighted by molar-refractivity contribution is 0.542. The first kappa shape index (κ1) is 27.8. The zero-order valence-electron chi connectivity index (χ0n) is 25.6. The van der Waals surface area contributed by atoms with Gasteiger partial charge in [-0.25, -0.2) is 0 Å². The fourth-order valence-electron chi connectivity index (χ4n) is 6.95. The van der Waals surface area contributed by atoms with Gasteiger partial charge in [-0.15, -0.1) is 0 Å². The molecule has 7 aromatic carbocycles. The molecule has 0 aliphatic heterocycles. The van der Waals surface area contributed by atoms with E-state index in [9.17, 15) is 0 Å². The topological polar surface area (TPSA) is 29.3 Å². The van der Waals surface area contributed by atoms with Crippen LogP contribution in [-0.2, 0) is 0 Å². The van der Waals surface area contributed by atoms with E-state index in [4.69, 9.17) is 5.73 Å². The number of rotatable bonds is 6. The quantitative estimate of drug-likeness (QED) is 0.195. The molecule has 220 valence electrons. The Morgan fingerprint density at radius 1 is 0.457 bits per heavy atom. The van der Waals surface area contributed by atoms with E-state index in [0.717, 1.165) is 22.5 Å². The second-order valence-electron chi connectivity index (χ2n) is 12.0. The van der Waals surface area contributed by atoms with Gasteiger partial charge in [0, 0.05) is 17.5 Å². The van der Waals surface area contributed by atoms with Crippen molar-refractivity contribution in [1.29, 1.82) is 0 Å². The highest BCUT2D eigenvalue weighted by molar-refractivity contribution is 6.03. The summed E-state index contributed by atoms with van der Waals surface area (Å²) in [6.45, 7) is 0. The molecule has 0 saturated heterocycles. The maximum absolute atomic E-state index is 7.62. The Morgan fingerprint density at radius 2 is 0.913 bits per heavy atom. The minimum atomic E-state index is -0.834. The first-order valence-electron chi connectivity index (χ1n) is 15.9. The van der Waals surface area contributed by atoms with Gasteiger partial charge in [-0.3, -0.25) is 0 Å². The van der Waals surface area contributed by atoms with Gasteiger partial charge in [-0.2, -0.15) is 0 Å². The van der Waals surface area contributed by atoms with Crippen molar-refractivity contribution in [2.45, 2.75) is 12.1 Å². The molecule has 7 aromatic rings. The summed E-state index contributed by atoms with van der Waals surface area (Å²) < 4.78 is 0. The van der Waals surface area contributed by atoms with E-state index in [0.29, 0.717) is 6.42 Å². The van der Waals surface area contributed by atoms with Gasteiger partial charge in [0.05, 0.1) is 11.4 Å². The highest BCUT2D eigenvalue weighted by Gasteiger charge is 2.35. The molecule has 1 atom stereocenters. The van der Waals surface area contributed by atoms with Gasteiger partial charge >= 0.3 is 0 Å². The number of nitrogens with zero attached hydrogens (tertiary/aromatic N) is 1. The third kappa shape index (κ3) is 4.90. The minimum absolute atomic E-state index is 0.640. The molecule has 8 rings (SSSR count). The number of anilines is 2. The molecule has 0 radical (unpaired) electrons. The number of fused-ring (bicyclic) bond motifs is 2. The molecule has 0 saturated carbocycles. The average Bonchev–Trinajstić information content (AvgIpc) is 3.12. The lowest BCUT2D eigenvalue weighted by atomic mass is 9.88. The lowest BCUT2D eigenvalue weighted by Gasteiger charge is -2.43. The van der Waals surface area contributed by atoms with Gasteiger partial charge in [0.2, 0.25) is 0 Å². The molecule has 0 fully saturated rings. The van der Waals surface area contributed by atoms with Gasteiger partial charge in [-0.1, -0.05) is 164 Å². The van der Waals surface area contributed by atoms with Crippen LogP contribution in [0.2, 0.25) is 0 Å². The van der Waals surface area contributed by atoms with Gasteiger partial charge in [0.25, 0.3) is 0 Å². The second-order valence-corrected chi connectivity index (χ2v) is 12.0. The Bertz CT molecular complexity index is 2130. The predicted octanol–water partition coefficient (Wildman–Crippen LogP) is 11.2. The molecule has 2 nitrogen and oxygen atoms in total. The number of para-hydroxylation sites is 2. The van der Waals surface area contributed by atoms with Crippen LogP contribution >= 0.6 is 0 Å². The molecule has 1 unspecified atom stereocenters. The molecule has 0 aromatic heterocycles. The normalized spacial score (nSPS) is 16.0. The van der Waals surface area contributed by atoms with E-state index >= 15 is 0 Å². The van der Waals surface area contributed by atoms with Crippen molar-refractivity contribution in [3.8, 4) is 22.3 Å². The smallest absolute Gasteiger partial charge is 0.116 e. The molecular formula is C44H34N2. The summed E-state index contributed by atoms with van der Waals surface area (Å²) >= 11 is 0. The van der Waals surface area contributed by atoms with E-state index in [1.807, 2.05) is 0 Å². The maximum Gasteiger partial charge on any atom is 0.116 e. The molecule has 0 spiro atoms. The van der Waals surface area contributed by atoms with Crippen LogP contribution in [0, 0.1) is 0 Å². The first-order chi connectivity index (χ1) is 22.7. The SMILES string of the molecule is NC1(N(c2ccccc2-c2cccc3ccccc23)c2ccccc2-c2cccc3ccccc23)C=CC(c2ccccc2)=CC1. The molecule has 2 N–H and O–H groups in total.